The predicted molar refractivity (Wildman–Crippen MR) is 104 cm³/mol. The van der Waals surface area contributed by atoms with Crippen LogP contribution in [0.25, 0.3) is 0 Å². The van der Waals surface area contributed by atoms with Crippen LogP contribution in [0.4, 0.5) is 5.69 Å². The number of carbonyl (C=O) groups excluding carboxylic acids is 1. The fraction of sp³-hybridized carbons (Fsp3) is 0.389. The molecule has 0 atom stereocenters. The topological polar surface area (TPSA) is 75.7 Å². The van der Waals surface area contributed by atoms with Gasteiger partial charge in [-0.15, -0.1) is 11.3 Å². The van der Waals surface area contributed by atoms with E-state index in [0.717, 1.165) is 19.3 Å². The van der Waals surface area contributed by atoms with Crippen molar-refractivity contribution in [3.05, 3.63) is 41.8 Å². The van der Waals surface area contributed by atoms with Crippen LogP contribution < -0.4 is 14.4 Å². The lowest BCUT2D eigenvalue weighted by atomic mass is 10.2. The van der Waals surface area contributed by atoms with Gasteiger partial charge in [0.25, 0.3) is 15.9 Å². The van der Waals surface area contributed by atoms with Gasteiger partial charge < -0.3 is 10.1 Å². The number of hydrogen-bond acceptors (Lipinski definition) is 5. The van der Waals surface area contributed by atoms with Crippen molar-refractivity contribution < 1.29 is 17.9 Å². The van der Waals surface area contributed by atoms with E-state index in [-0.39, 0.29) is 12.5 Å². The number of nitrogens with zero attached hydrogens (tertiary/aromatic N) is 1. The van der Waals surface area contributed by atoms with Gasteiger partial charge in [0.05, 0.1) is 5.69 Å². The fourth-order valence-electron chi connectivity index (χ4n) is 2.24. The Morgan fingerprint density at radius 3 is 2.54 bits per heavy atom. The van der Waals surface area contributed by atoms with E-state index in [1.165, 1.54) is 22.7 Å². The lowest BCUT2D eigenvalue weighted by molar-refractivity contribution is -0.123. The summed E-state index contributed by atoms with van der Waals surface area (Å²) in [5, 5.41) is 4.53. The van der Waals surface area contributed by atoms with Crippen molar-refractivity contribution in [1.29, 1.82) is 0 Å². The van der Waals surface area contributed by atoms with E-state index in [4.69, 9.17) is 4.74 Å². The first kappa shape index (κ1) is 20.3. The minimum absolute atomic E-state index is 0.0607. The Bertz CT molecular complexity index is 787. The third-order valence-electron chi connectivity index (χ3n) is 3.78. The Hall–Kier alpha value is -2.06. The monoisotopic (exact) mass is 396 g/mol. The number of rotatable bonds is 10. The molecule has 26 heavy (non-hydrogen) atoms. The highest BCUT2D eigenvalue weighted by molar-refractivity contribution is 7.94. The smallest absolute Gasteiger partial charge is 0.273 e. The Kier molecular flexibility index (Phi) is 7.47. The van der Waals surface area contributed by atoms with E-state index in [9.17, 15) is 13.2 Å². The second-order valence-electron chi connectivity index (χ2n) is 5.74. The number of sulfonamides is 1. The highest BCUT2D eigenvalue weighted by atomic mass is 32.2. The van der Waals surface area contributed by atoms with Gasteiger partial charge in [-0.2, -0.15) is 0 Å². The number of anilines is 1. The average Bonchev–Trinajstić information content (AvgIpc) is 3.19. The first-order valence-corrected chi connectivity index (χ1v) is 10.8. The van der Waals surface area contributed by atoms with E-state index in [2.05, 4.69) is 12.2 Å². The number of unbranched alkanes of at least 4 members (excludes halogenated alkanes) is 2. The summed E-state index contributed by atoms with van der Waals surface area (Å²) in [5.74, 6) is 0.349. The van der Waals surface area contributed by atoms with Gasteiger partial charge in [-0.25, -0.2) is 8.42 Å². The minimum Gasteiger partial charge on any atom is -0.484 e. The summed E-state index contributed by atoms with van der Waals surface area (Å²) >= 11 is 1.18. The molecule has 1 heterocycles. The third-order valence-corrected chi connectivity index (χ3v) is 6.94. The molecule has 0 aliphatic heterocycles. The van der Waals surface area contributed by atoms with Gasteiger partial charge in [-0.3, -0.25) is 9.10 Å². The molecule has 0 aliphatic rings. The van der Waals surface area contributed by atoms with Gasteiger partial charge in [-0.1, -0.05) is 25.8 Å². The maximum atomic E-state index is 12.5. The van der Waals surface area contributed by atoms with Crippen molar-refractivity contribution in [3.8, 4) is 5.75 Å². The second kappa shape index (κ2) is 9.59. The molecule has 0 unspecified atom stereocenters. The maximum absolute atomic E-state index is 12.5. The zero-order valence-electron chi connectivity index (χ0n) is 15.0. The minimum atomic E-state index is -3.56. The predicted octanol–water partition coefficient (Wildman–Crippen LogP) is 3.26. The Morgan fingerprint density at radius 1 is 1.19 bits per heavy atom. The molecular formula is C18H24N2O4S2. The molecule has 1 amide bonds. The lowest BCUT2D eigenvalue weighted by Crippen LogP contribution is -2.29. The molecule has 1 N–H and O–H groups in total. The van der Waals surface area contributed by atoms with Crippen LogP contribution >= 0.6 is 11.3 Å². The van der Waals surface area contributed by atoms with E-state index in [1.807, 2.05) is 0 Å². The number of amides is 1. The molecule has 0 fully saturated rings. The largest absolute Gasteiger partial charge is 0.484 e. The highest BCUT2D eigenvalue weighted by Crippen LogP contribution is 2.26. The Labute approximate surface area is 158 Å². The van der Waals surface area contributed by atoms with Gasteiger partial charge in [-0.05, 0) is 42.1 Å². The van der Waals surface area contributed by atoms with Crippen LogP contribution in [0.5, 0.6) is 5.75 Å². The summed E-state index contributed by atoms with van der Waals surface area (Å²) in [7, 11) is -2.05. The average molecular weight is 397 g/mol. The van der Waals surface area contributed by atoms with Crippen molar-refractivity contribution in [3.63, 3.8) is 0 Å². The second-order valence-corrected chi connectivity index (χ2v) is 8.89. The SMILES string of the molecule is CCCCCNC(=O)COc1ccc(N(C)S(=O)(=O)c2cccs2)cc1. The van der Waals surface area contributed by atoms with Gasteiger partial charge in [0.1, 0.15) is 9.96 Å². The molecule has 6 nitrogen and oxygen atoms in total. The van der Waals surface area contributed by atoms with Crippen LogP contribution in [0.1, 0.15) is 26.2 Å². The summed E-state index contributed by atoms with van der Waals surface area (Å²) < 4.78 is 31.9. The molecule has 2 rings (SSSR count). The molecule has 8 heteroatoms. The van der Waals surface area contributed by atoms with Gasteiger partial charge in [0, 0.05) is 13.6 Å². The summed E-state index contributed by atoms with van der Waals surface area (Å²) in [5.41, 5.74) is 0.523. The molecular weight excluding hydrogens is 372 g/mol. The molecule has 2 aromatic rings. The molecule has 142 valence electrons. The van der Waals surface area contributed by atoms with Crippen LogP contribution in [-0.2, 0) is 14.8 Å². The maximum Gasteiger partial charge on any atom is 0.273 e. The van der Waals surface area contributed by atoms with E-state index < -0.39 is 10.0 Å². The number of carbonyl (C=O) groups is 1. The Balaban J connectivity index is 1.89. The lowest BCUT2D eigenvalue weighted by Gasteiger charge is -2.18. The number of nitrogens with one attached hydrogen (secondary N) is 1. The molecule has 0 radical (unpaired) electrons. The molecule has 0 saturated carbocycles. The summed E-state index contributed by atoms with van der Waals surface area (Å²) in [6.07, 6.45) is 3.15. The zero-order chi connectivity index (χ0) is 19.0. The van der Waals surface area contributed by atoms with Gasteiger partial charge in [0.2, 0.25) is 0 Å². The van der Waals surface area contributed by atoms with E-state index >= 15 is 0 Å². The number of ether oxygens (including phenoxy) is 1. The van der Waals surface area contributed by atoms with E-state index in [0.29, 0.717) is 22.2 Å². The number of hydrogen-bond donors (Lipinski definition) is 1. The van der Waals surface area contributed by atoms with E-state index in [1.54, 1.807) is 41.8 Å². The summed E-state index contributed by atoms with van der Waals surface area (Å²) in [6, 6.07) is 9.89. The molecule has 0 aliphatic carbocycles. The first-order chi connectivity index (χ1) is 12.4. The molecule has 1 aromatic carbocycles. The third kappa shape index (κ3) is 5.47. The van der Waals surface area contributed by atoms with Gasteiger partial charge >= 0.3 is 0 Å². The zero-order valence-corrected chi connectivity index (χ0v) is 16.6. The van der Waals surface area contributed by atoms with Crippen LogP contribution in [0, 0.1) is 0 Å². The normalized spacial score (nSPS) is 11.2. The molecule has 0 spiro atoms. The van der Waals surface area contributed by atoms with Crippen LogP contribution in [-0.4, -0.2) is 34.5 Å². The van der Waals surface area contributed by atoms with Crippen LogP contribution in [0.2, 0.25) is 0 Å². The van der Waals surface area contributed by atoms with Gasteiger partial charge in [0.15, 0.2) is 6.61 Å². The van der Waals surface area contributed by atoms with Crippen molar-refractivity contribution in [1.82, 2.24) is 5.32 Å². The van der Waals surface area contributed by atoms with Crippen molar-refractivity contribution in [2.75, 3.05) is 24.5 Å². The summed E-state index contributed by atoms with van der Waals surface area (Å²) in [6.45, 7) is 2.70. The quantitative estimate of drug-likeness (QED) is 0.626. The first-order valence-electron chi connectivity index (χ1n) is 8.47. The van der Waals surface area contributed by atoms with Crippen molar-refractivity contribution in [2.45, 2.75) is 30.4 Å². The number of thiophene rings is 1. The molecule has 0 bridgehead atoms. The molecule has 1 aromatic heterocycles. The standard InChI is InChI=1S/C18H24N2O4S2/c1-3-4-5-12-19-17(21)14-24-16-10-8-15(9-11-16)20(2)26(22,23)18-7-6-13-25-18/h6-11,13H,3-5,12,14H2,1-2H3,(H,19,21). The van der Waals surface area contributed by atoms with Crippen LogP contribution in [0.15, 0.2) is 46.0 Å². The fourth-order valence-corrected chi connectivity index (χ4v) is 4.60. The van der Waals surface area contributed by atoms with Crippen molar-refractivity contribution in [2.24, 2.45) is 0 Å². The highest BCUT2D eigenvalue weighted by Gasteiger charge is 2.22. The summed E-state index contributed by atoms with van der Waals surface area (Å²) in [4.78, 5) is 11.7. The van der Waals surface area contributed by atoms with Crippen LogP contribution in [0.3, 0.4) is 0 Å². The number of benzene rings is 1. The van der Waals surface area contributed by atoms with Crippen molar-refractivity contribution >= 4 is 33.0 Å². The Morgan fingerprint density at radius 2 is 1.92 bits per heavy atom. The molecule has 0 saturated heterocycles.